The van der Waals surface area contributed by atoms with Crippen LogP contribution in [0.5, 0.6) is 11.5 Å². The molecule has 2 aromatic carbocycles. The number of nitrogens with one attached hydrogen (secondary N) is 1. The summed E-state index contributed by atoms with van der Waals surface area (Å²) in [6.45, 7) is 1.58. The molecule has 7 heteroatoms. The van der Waals surface area contributed by atoms with E-state index in [4.69, 9.17) is 9.47 Å². The van der Waals surface area contributed by atoms with Crippen LogP contribution in [0.25, 0.3) is 0 Å². The lowest BCUT2D eigenvalue weighted by atomic mass is 9.87. The van der Waals surface area contributed by atoms with Crippen LogP contribution in [-0.4, -0.2) is 24.0 Å². The lowest BCUT2D eigenvalue weighted by molar-refractivity contribution is -0.386. The van der Waals surface area contributed by atoms with Gasteiger partial charge in [0.2, 0.25) is 0 Å². The second-order valence-corrected chi connectivity index (χ2v) is 6.50. The van der Waals surface area contributed by atoms with E-state index in [9.17, 15) is 14.9 Å². The van der Waals surface area contributed by atoms with Gasteiger partial charge in [-0.15, -0.1) is 0 Å². The Balaban J connectivity index is 1.71. The van der Waals surface area contributed by atoms with Crippen LogP contribution in [0.2, 0.25) is 0 Å². The number of ether oxygens (including phenoxy) is 2. The molecule has 7 nitrogen and oxygen atoms in total. The Kier molecular flexibility index (Phi) is 5.59. The van der Waals surface area contributed by atoms with Gasteiger partial charge in [0.1, 0.15) is 5.75 Å². The van der Waals surface area contributed by atoms with E-state index in [-0.39, 0.29) is 23.4 Å². The molecule has 0 fully saturated rings. The Hall–Kier alpha value is -3.09. The summed E-state index contributed by atoms with van der Waals surface area (Å²) in [5.41, 5.74) is 2.13. The van der Waals surface area contributed by atoms with Crippen molar-refractivity contribution in [2.45, 2.75) is 38.3 Å². The molecular formula is C20H22N2O5. The summed E-state index contributed by atoms with van der Waals surface area (Å²) in [6.07, 6.45) is 2.00. The summed E-state index contributed by atoms with van der Waals surface area (Å²) in [7, 11) is 1.43. The maximum atomic E-state index is 12.6. The lowest BCUT2D eigenvalue weighted by Gasteiger charge is -2.27. The van der Waals surface area contributed by atoms with E-state index < -0.39 is 11.0 Å². The van der Waals surface area contributed by atoms with Gasteiger partial charge in [-0.3, -0.25) is 14.9 Å². The van der Waals surface area contributed by atoms with E-state index in [1.807, 2.05) is 18.2 Å². The molecule has 2 aromatic rings. The topological polar surface area (TPSA) is 90.7 Å². The molecule has 0 radical (unpaired) electrons. The second-order valence-electron chi connectivity index (χ2n) is 6.50. The number of nitro benzene ring substituents is 1. The molecule has 0 spiro atoms. The van der Waals surface area contributed by atoms with Crippen LogP contribution in [0, 0.1) is 10.1 Å². The van der Waals surface area contributed by atoms with Gasteiger partial charge in [0, 0.05) is 0 Å². The number of carbonyl (C=O) groups is 1. The summed E-state index contributed by atoms with van der Waals surface area (Å²) >= 11 is 0. The molecule has 2 atom stereocenters. The Morgan fingerprint density at radius 2 is 2.07 bits per heavy atom. The molecule has 0 bridgehead atoms. The first-order chi connectivity index (χ1) is 13.0. The molecule has 3 rings (SSSR count). The third kappa shape index (κ3) is 4.19. The fourth-order valence-electron chi connectivity index (χ4n) is 3.30. The fourth-order valence-corrected chi connectivity index (χ4v) is 3.30. The van der Waals surface area contributed by atoms with Crippen molar-refractivity contribution in [3.05, 3.63) is 63.7 Å². The highest BCUT2D eigenvalue weighted by molar-refractivity contribution is 5.81. The molecule has 0 saturated heterocycles. The number of methoxy groups -OCH3 is 1. The zero-order valence-corrected chi connectivity index (χ0v) is 15.3. The first-order valence-corrected chi connectivity index (χ1v) is 8.87. The number of rotatable bonds is 6. The fraction of sp³-hybridized carbons (Fsp3) is 0.350. The van der Waals surface area contributed by atoms with Crippen molar-refractivity contribution in [2.24, 2.45) is 0 Å². The summed E-state index contributed by atoms with van der Waals surface area (Å²) < 4.78 is 10.6. The van der Waals surface area contributed by atoms with Crippen LogP contribution in [-0.2, 0) is 11.2 Å². The van der Waals surface area contributed by atoms with Crippen molar-refractivity contribution < 1.29 is 19.2 Å². The monoisotopic (exact) mass is 370 g/mol. The van der Waals surface area contributed by atoms with Crippen molar-refractivity contribution in [3.63, 3.8) is 0 Å². The Morgan fingerprint density at radius 3 is 2.81 bits per heavy atom. The van der Waals surface area contributed by atoms with Crippen molar-refractivity contribution >= 4 is 11.6 Å². The predicted molar refractivity (Wildman–Crippen MR) is 100 cm³/mol. The molecular weight excluding hydrogens is 348 g/mol. The zero-order valence-electron chi connectivity index (χ0n) is 15.3. The van der Waals surface area contributed by atoms with Gasteiger partial charge in [-0.1, -0.05) is 24.3 Å². The quantitative estimate of drug-likeness (QED) is 0.620. The highest BCUT2D eigenvalue weighted by Gasteiger charge is 2.26. The van der Waals surface area contributed by atoms with Gasteiger partial charge in [-0.2, -0.15) is 0 Å². The smallest absolute Gasteiger partial charge is 0.314 e. The van der Waals surface area contributed by atoms with Gasteiger partial charge < -0.3 is 14.8 Å². The highest BCUT2D eigenvalue weighted by Crippen LogP contribution is 2.32. The van der Waals surface area contributed by atoms with Crippen LogP contribution < -0.4 is 14.8 Å². The molecule has 0 saturated carbocycles. The number of nitro groups is 1. The van der Waals surface area contributed by atoms with Gasteiger partial charge in [-0.05, 0) is 49.4 Å². The number of hydrogen-bond acceptors (Lipinski definition) is 5. The molecule has 142 valence electrons. The lowest BCUT2D eigenvalue weighted by Crippen LogP contribution is -2.39. The minimum absolute atomic E-state index is 0.0347. The number of nitrogens with zero attached hydrogens (tertiary/aromatic N) is 1. The largest absolute Gasteiger partial charge is 0.496 e. The zero-order chi connectivity index (χ0) is 19.4. The Labute approximate surface area is 157 Å². The highest BCUT2D eigenvalue weighted by atomic mass is 16.6. The van der Waals surface area contributed by atoms with E-state index in [1.54, 1.807) is 13.0 Å². The van der Waals surface area contributed by atoms with Gasteiger partial charge in [-0.25, -0.2) is 0 Å². The van der Waals surface area contributed by atoms with Gasteiger partial charge >= 0.3 is 5.69 Å². The summed E-state index contributed by atoms with van der Waals surface area (Å²) in [4.78, 5) is 23.3. The number of fused-ring (bicyclic) bond motifs is 1. The standard InChI is InChI=1S/C20H22N2O5/c1-13(27-19-11-10-15(26-2)12-18(19)22(24)25)20(23)21-17-9-5-7-14-6-3-4-8-16(14)17/h3-4,6,8,10-13,17H,5,7,9H2,1-2H3,(H,21,23)/t13-,17+/m0/s1. The van der Waals surface area contributed by atoms with Crippen molar-refractivity contribution in [2.75, 3.05) is 7.11 Å². The molecule has 0 heterocycles. The van der Waals surface area contributed by atoms with E-state index in [0.29, 0.717) is 5.75 Å². The molecule has 1 aliphatic carbocycles. The molecule has 0 unspecified atom stereocenters. The van der Waals surface area contributed by atoms with Gasteiger partial charge in [0.25, 0.3) is 5.91 Å². The molecule has 1 aliphatic rings. The van der Waals surface area contributed by atoms with Crippen LogP contribution in [0.4, 0.5) is 5.69 Å². The number of benzene rings is 2. The number of amides is 1. The minimum atomic E-state index is -0.869. The van der Waals surface area contributed by atoms with Crippen LogP contribution in [0.1, 0.15) is 36.9 Å². The Bertz CT molecular complexity index is 852. The molecule has 1 N–H and O–H groups in total. The van der Waals surface area contributed by atoms with E-state index >= 15 is 0 Å². The maximum Gasteiger partial charge on any atom is 0.314 e. The maximum absolute atomic E-state index is 12.6. The summed E-state index contributed by atoms with van der Waals surface area (Å²) in [5.74, 6) is 0.0827. The third-order valence-electron chi connectivity index (χ3n) is 4.72. The predicted octanol–water partition coefficient (Wildman–Crippen LogP) is 3.56. The van der Waals surface area contributed by atoms with Gasteiger partial charge in [0.05, 0.1) is 24.1 Å². The third-order valence-corrected chi connectivity index (χ3v) is 4.72. The molecule has 0 aliphatic heterocycles. The minimum Gasteiger partial charge on any atom is -0.496 e. The van der Waals surface area contributed by atoms with Crippen molar-refractivity contribution in [1.29, 1.82) is 0 Å². The second kappa shape index (κ2) is 8.07. The number of aryl methyl sites for hydroxylation is 1. The average Bonchev–Trinajstić information content (AvgIpc) is 2.68. The normalized spacial score (nSPS) is 16.7. The van der Waals surface area contributed by atoms with Crippen LogP contribution in [0.15, 0.2) is 42.5 Å². The Morgan fingerprint density at radius 1 is 1.30 bits per heavy atom. The van der Waals surface area contributed by atoms with Crippen molar-refractivity contribution in [3.8, 4) is 11.5 Å². The SMILES string of the molecule is COc1ccc(O[C@@H](C)C(=O)N[C@@H]2CCCc3ccccc32)c([N+](=O)[O-])c1. The van der Waals surface area contributed by atoms with Gasteiger partial charge in [0.15, 0.2) is 11.9 Å². The van der Waals surface area contributed by atoms with Crippen LogP contribution >= 0.6 is 0 Å². The molecule has 0 aromatic heterocycles. The summed E-state index contributed by atoms with van der Waals surface area (Å²) in [5, 5.41) is 14.3. The van der Waals surface area contributed by atoms with Crippen LogP contribution in [0.3, 0.4) is 0 Å². The first-order valence-electron chi connectivity index (χ1n) is 8.87. The number of carbonyl (C=O) groups excluding carboxylic acids is 1. The van der Waals surface area contributed by atoms with E-state index in [1.165, 1.54) is 24.8 Å². The molecule has 1 amide bonds. The van der Waals surface area contributed by atoms with E-state index in [0.717, 1.165) is 24.8 Å². The number of hydrogen-bond donors (Lipinski definition) is 1. The van der Waals surface area contributed by atoms with E-state index in [2.05, 4.69) is 11.4 Å². The molecule has 27 heavy (non-hydrogen) atoms. The first kappa shape index (κ1) is 18.7. The summed E-state index contributed by atoms with van der Waals surface area (Å²) in [6, 6.07) is 12.3. The average molecular weight is 370 g/mol. The van der Waals surface area contributed by atoms with Crippen molar-refractivity contribution in [1.82, 2.24) is 5.32 Å².